The second-order valence-corrected chi connectivity index (χ2v) is 11.7. The van der Waals surface area contributed by atoms with Crippen molar-refractivity contribution in [2.45, 2.75) is 70.4 Å². The van der Waals surface area contributed by atoms with Crippen LogP contribution in [0.1, 0.15) is 74.7 Å². The van der Waals surface area contributed by atoms with Gasteiger partial charge in [-0.05, 0) is 79.0 Å². The van der Waals surface area contributed by atoms with Crippen molar-refractivity contribution in [3.63, 3.8) is 0 Å². The molecule has 0 bridgehead atoms. The lowest BCUT2D eigenvalue weighted by Crippen LogP contribution is -2.51. The second kappa shape index (κ2) is 16.7. The molecule has 0 saturated carbocycles. The minimum Gasteiger partial charge on any atom is -0.493 e. The Balaban J connectivity index is 1.60. The lowest BCUT2D eigenvalue weighted by Gasteiger charge is -2.38. The van der Waals surface area contributed by atoms with Gasteiger partial charge in [-0.3, -0.25) is 4.79 Å². The zero-order chi connectivity index (χ0) is 33.1. The lowest BCUT2D eigenvalue weighted by atomic mass is 9.83. The molecule has 1 heterocycles. The summed E-state index contributed by atoms with van der Waals surface area (Å²) in [6.45, 7) is 4.16. The molecule has 1 fully saturated rings. The zero-order valence-electron chi connectivity index (χ0n) is 27.1. The largest absolute Gasteiger partial charge is 0.493 e. The third-order valence-corrected chi connectivity index (χ3v) is 8.69. The van der Waals surface area contributed by atoms with Gasteiger partial charge in [-0.1, -0.05) is 68.8 Å². The lowest BCUT2D eigenvalue weighted by molar-refractivity contribution is -0.163. The highest BCUT2D eigenvalue weighted by atomic mass is 16.5. The molecule has 0 aliphatic carbocycles. The number of benzene rings is 3. The van der Waals surface area contributed by atoms with Gasteiger partial charge < -0.3 is 29.0 Å². The number of carbonyl (C=O) groups is 3. The quantitative estimate of drug-likeness (QED) is 0.187. The minimum absolute atomic E-state index is 0.0480. The number of amides is 1. The van der Waals surface area contributed by atoms with Crippen LogP contribution in [-0.2, 0) is 25.5 Å². The molecule has 0 radical (unpaired) electrons. The number of likely N-dealkylation sites (tertiary alicyclic amines) is 1. The molecule has 9 heteroatoms. The molecule has 0 aromatic heterocycles. The summed E-state index contributed by atoms with van der Waals surface area (Å²) in [5, 5.41) is 9.09. The Morgan fingerprint density at radius 2 is 1.65 bits per heavy atom. The predicted molar refractivity (Wildman–Crippen MR) is 174 cm³/mol. The molecular weight excluding hydrogens is 586 g/mol. The summed E-state index contributed by atoms with van der Waals surface area (Å²) in [5.74, 6) is -0.268. The Hall–Kier alpha value is -4.53. The molecule has 4 rings (SSSR count). The highest BCUT2D eigenvalue weighted by Crippen LogP contribution is 2.34. The number of aryl methyl sites for hydroxylation is 1. The summed E-state index contributed by atoms with van der Waals surface area (Å²) in [7, 11) is 3.16. The molecule has 1 saturated heterocycles. The maximum absolute atomic E-state index is 14.2. The van der Waals surface area contributed by atoms with Crippen LogP contribution in [0.3, 0.4) is 0 Å². The van der Waals surface area contributed by atoms with Gasteiger partial charge >= 0.3 is 11.9 Å². The molecule has 3 aromatic rings. The topological polar surface area (TPSA) is 112 Å². The number of aliphatic carboxylic acids is 1. The summed E-state index contributed by atoms with van der Waals surface area (Å²) in [6.07, 6.45) is 3.30. The van der Waals surface area contributed by atoms with Crippen molar-refractivity contribution in [3.05, 3.63) is 89.5 Å². The molecular formula is C37H45NO8. The van der Waals surface area contributed by atoms with E-state index in [1.54, 1.807) is 37.3 Å². The molecule has 1 aliphatic heterocycles. The molecule has 4 atom stereocenters. The van der Waals surface area contributed by atoms with E-state index in [9.17, 15) is 14.4 Å². The molecule has 2 unspecified atom stereocenters. The van der Waals surface area contributed by atoms with E-state index < -0.39 is 30.7 Å². The Labute approximate surface area is 271 Å². The number of carboxylic acids is 1. The van der Waals surface area contributed by atoms with E-state index in [0.717, 1.165) is 30.4 Å². The van der Waals surface area contributed by atoms with Crippen molar-refractivity contribution >= 4 is 17.8 Å². The van der Waals surface area contributed by atoms with Gasteiger partial charge in [0.05, 0.1) is 20.1 Å². The van der Waals surface area contributed by atoms with E-state index in [4.69, 9.17) is 24.1 Å². The Morgan fingerprint density at radius 3 is 2.35 bits per heavy atom. The van der Waals surface area contributed by atoms with Crippen LogP contribution < -0.4 is 14.2 Å². The Kier molecular flexibility index (Phi) is 12.5. The van der Waals surface area contributed by atoms with Crippen molar-refractivity contribution in [1.29, 1.82) is 0 Å². The van der Waals surface area contributed by atoms with Gasteiger partial charge in [0.15, 0.2) is 18.1 Å². The summed E-state index contributed by atoms with van der Waals surface area (Å²) in [5.41, 5.74) is 2.59. The van der Waals surface area contributed by atoms with E-state index in [1.807, 2.05) is 54.6 Å². The van der Waals surface area contributed by atoms with E-state index in [-0.39, 0.29) is 17.7 Å². The number of hydrogen-bond acceptors (Lipinski definition) is 7. The summed E-state index contributed by atoms with van der Waals surface area (Å²) in [4.78, 5) is 41.1. The first-order chi connectivity index (χ1) is 22.2. The highest BCUT2D eigenvalue weighted by molar-refractivity contribution is 5.89. The van der Waals surface area contributed by atoms with Crippen LogP contribution >= 0.6 is 0 Å². The van der Waals surface area contributed by atoms with E-state index >= 15 is 0 Å². The van der Waals surface area contributed by atoms with Crippen LogP contribution in [0.25, 0.3) is 0 Å². The fourth-order valence-corrected chi connectivity index (χ4v) is 6.03. The average Bonchev–Trinajstić information content (AvgIpc) is 3.09. The number of nitrogens with zero attached hydrogens (tertiary/aromatic N) is 1. The van der Waals surface area contributed by atoms with Gasteiger partial charge in [-0.25, -0.2) is 9.59 Å². The van der Waals surface area contributed by atoms with Crippen LogP contribution in [0.4, 0.5) is 0 Å². The van der Waals surface area contributed by atoms with E-state index in [1.165, 1.54) is 0 Å². The third-order valence-electron chi connectivity index (χ3n) is 8.69. The predicted octanol–water partition coefficient (Wildman–Crippen LogP) is 6.60. The van der Waals surface area contributed by atoms with Gasteiger partial charge in [-0.15, -0.1) is 0 Å². The number of rotatable bonds is 15. The smallest absolute Gasteiger partial charge is 0.341 e. The zero-order valence-corrected chi connectivity index (χ0v) is 27.1. The van der Waals surface area contributed by atoms with Crippen molar-refractivity contribution < 1.29 is 38.4 Å². The van der Waals surface area contributed by atoms with Crippen LogP contribution in [-0.4, -0.2) is 61.3 Å². The molecule has 9 nitrogen and oxygen atoms in total. The maximum Gasteiger partial charge on any atom is 0.341 e. The minimum atomic E-state index is -1.09. The summed E-state index contributed by atoms with van der Waals surface area (Å²) < 4.78 is 22.5. The second-order valence-electron chi connectivity index (χ2n) is 11.7. The first kappa shape index (κ1) is 34.3. The van der Waals surface area contributed by atoms with E-state index in [2.05, 4.69) is 13.8 Å². The fraction of sp³-hybridized carbons (Fsp3) is 0.432. The van der Waals surface area contributed by atoms with Gasteiger partial charge in [0.1, 0.15) is 17.9 Å². The van der Waals surface area contributed by atoms with Gasteiger partial charge in [0, 0.05) is 6.54 Å². The monoisotopic (exact) mass is 631 g/mol. The first-order valence-corrected chi connectivity index (χ1v) is 16.0. The van der Waals surface area contributed by atoms with Crippen molar-refractivity contribution in [3.8, 4) is 17.2 Å². The average molecular weight is 632 g/mol. The van der Waals surface area contributed by atoms with Crippen molar-refractivity contribution in [2.24, 2.45) is 5.92 Å². The molecule has 1 aliphatic rings. The van der Waals surface area contributed by atoms with Crippen molar-refractivity contribution in [1.82, 2.24) is 4.90 Å². The van der Waals surface area contributed by atoms with Gasteiger partial charge in [-0.2, -0.15) is 0 Å². The molecule has 3 aromatic carbocycles. The number of methoxy groups -OCH3 is 2. The highest BCUT2D eigenvalue weighted by Gasteiger charge is 2.39. The number of carboxylic acid groups (broad SMARTS) is 1. The molecule has 1 amide bonds. The normalized spacial score (nSPS) is 16.5. The molecule has 46 heavy (non-hydrogen) atoms. The number of esters is 1. The number of ether oxygens (including phenoxy) is 4. The SMILES string of the molecule is CCC(C)C(C(=O)N1CCCC[C@H]1C(=O)O[C@H](CCc1ccc(OC)c(OC)c1)c1cccc(OCC(=O)O)c1)c1ccccc1. The van der Waals surface area contributed by atoms with Crippen LogP contribution in [0.2, 0.25) is 0 Å². The summed E-state index contributed by atoms with van der Waals surface area (Å²) >= 11 is 0. The standard InChI is InChI=1S/C37H45NO8/c1-5-25(2)35(27-12-7-6-8-13-27)36(41)38-21-10-9-16-30(38)37(42)46-31(28-14-11-15-29(23-28)45-24-34(39)40)19-17-26-18-20-32(43-3)33(22-26)44-4/h6-8,11-15,18,20,22-23,25,30-31,35H,5,9-10,16-17,19,21,24H2,1-4H3,(H,39,40)/t25?,30-,31+,35?/m0/s1. The number of hydrogen-bond donors (Lipinski definition) is 1. The summed E-state index contributed by atoms with van der Waals surface area (Å²) in [6, 6.07) is 21.7. The van der Waals surface area contributed by atoms with Gasteiger partial charge in [0.25, 0.3) is 0 Å². The molecule has 0 spiro atoms. The Bertz CT molecular complexity index is 1460. The fourth-order valence-electron chi connectivity index (χ4n) is 6.03. The molecule has 1 N–H and O–H groups in total. The van der Waals surface area contributed by atoms with Crippen molar-refractivity contribution in [2.75, 3.05) is 27.4 Å². The third kappa shape index (κ3) is 8.80. The van der Waals surface area contributed by atoms with E-state index in [0.29, 0.717) is 48.6 Å². The van der Waals surface area contributed by atoms with Crippen LogP contribution in [0.15, 0.2) is 72.8 Å². The van der Waals surface area contributed by atoms with Crippen LogP contribution in [0, 0.1) is 5.92 Å². The number of piperidine rings is 1. The van der Waals surface area contributed by atoms with Gasteiger partial charge in [0.2, 0.25) is 5.91 Å². The number of carbonyl (C=O) groups excluding carboxylic acids is 2. The molecule has 246 valence electrons. The maximum atomic E-state index is 14.2. The first-order valence-electron chi connectivity index (χ1n) is 16.0. The van der Waals surface area contributed by atoms with Crippen LogP contribution in [0.5, 0.6) is 17.2 Å². The Morgan fingerprint density at radius 1 is 0.913 bits per heavy atom.